The third-order valence-corrected chi connectivity index (χ3v) is 2.76. The van der Waals surface area contributed by atoms with Crippen molar-refractivity contribution in [3.63, 3.8) is 0 Å². The molecule has 0 radical (unpaired) electrons. The minimum absolute atomic E-state index is 0.157. The molecule has 0 aromatic rings. The van der Waals surface area contributed by atoms with E-state index in [0.29, 0.717) is 19.3 Å². The molecule has 1 saturated heterocycles. The molecule has 78 valence electrons. The molecule has 2 aliphatic rings. The maximum atomic E-state index is 11.2. The summed E-state index contributed by atoms with van der Waals surface area (Å²) in [6.45, 7) is 0. The quantitative estimate of drug-likeness (QED) is 0.587. The molecule has 1 aliphatic carbocycles. The third kappa shape index (κ3) is 1.54. The number of fused-ring (bicyclic) bond motifs is 1. The Labute approximate surface area is 81.3 Å². The molecule has 5 heteroatoms. The van der Waals surface area contributed by atoms with Crippen molar-refractivity contribution >= 4 is 12.1 Å². The molecule has 0 bridgehead atoms. The summed E-state index contributed by atoms with van der Waals surface area (Å²) in [7, 11) is 1.37. The van der Waals surface area contributed by atoms with E-state index >= 15 is 0 Å². The topological polar surface area (TPSA) is 61.8 Å². The number of esters is 1. The zero-order valence-electron chi connectivity index (χ0n) is 7.89. The molecule has 5 nitrogen and oxygen atoms in total. The van der Waals surface area contributed by atoms with Gasteiger partial charge in [0.2, 0.25) is 0 Å². The lowest BCUT2D eigenvalue weighted by molar-refractivity contribution is -0.148. The van der Waals surface area contributed by atoms with E-state index in [2.05, 4.69) is 4.74 Å². The van der Waals surface area contributed by atoms with Gasteiger partial charge in [-0.05, 0) is 12.8 Å². The fourth-order valence-corrected chi connectivity index (χ4v) is 2.02. The van der Waals surface area contributed by atoms with E-state index in [1.165, 1.54) is 7.11 Å². The van der Waals surface area contributed by atoms with Gasteiger partial charge in [0.15, 0.2) is 0 Å². The van der Waals surface area contributed by atoms with Gasteiger partial charge in [0.05, 0.1) is 13.0 Å². The van der Waals surface area contributed by atoms with Crippen LogP contribution in [0.2, 0.25) is 0 Å². The Balaban J connectivity index is 1.97. The summed E-state index contributed by atoms with van der Waals surface area (Å²) < 4.78 is 14.5. The molecule has 2 fully saturated rings. The molecule has 1 saturated carbocycles. The van der Waals surface area contributed by atoms with Crippen LogP contribution in [0, 0.1) is 5.92 Å². The standard InChI is InChI=1S/C9H12O5/c1-12-8(10)5-2-3-6-7(4-5)14-9(11)13-6/h5-7H,2-4H2,1H3. The molecule has 1 aliphatic heterocycles. The predicted octanol–water partition coefficient (Wildman–Crippen LogP) is 0.863. The van der Waals surface area contributed by atoms with Crippen LogP contribution in [0.4, 0.5) is 4.79 Å². The highest BCUT2D eigenvalue weighted by atomic mass is 16.8. The second kappa shape index (κ2) is 3.48. The maximum absolute atomic E-state index is 11.2. The summed E-state index contributed by atoms with van der Waals surface area (Å²) in [5.41, 5.74) is 0. The van der Waals surface area contributed by atoms with Crippen LogP contribution in [0.1, 0.15) is 19.3 Å². The Morgan fingerprint density at radius 2 is 2.07 bits per heavy atom. The van der Waals surface area contributed by atoms with Gasteiger partial charge in [-0.15, -0.1) is 0 Å². The van der Waals surface area contributed by atoms with Gasteiger partial charge in [0.1, 0.15) is 12.2 Å². The summed E-state index contributed by atoms with van der Waals surface area (Å²) in [5.74, 6) is -0.387. The van der Waals surface area contributed by atoms with E-state index in [1.54, 1.807) is 0 Å². The molecule has 0 N–H and O–H groups in total. The van der Waals surface area contributed by atoms with Crippen LogP contribution in [0.25, 0.3) is 0 Å². The van der Waals surface area contributed by atoms with Crippen molar-refractivity contribution in [3.05, 3.63) is 0 Å². The largest absolute Gasteiger partial charge is 0.509 e. The minimum atomic E-state index is -0.620. The highest BCUT2D eigenvalue weighted by molar-refractivity contribution is 5.72. The predicted molar refractivity (Wildman–Crippen MR) is 44.5 cm³/mol. The number of carbonyl (C=O) groups excluding carboxylic acids is 2. The summed E-state index contributed by atoms with van der Waals surface area (Å²) in [4.78, 5) is 22.0. The van der Waals surface area contributed by atoms with Gasteiger partial charge in [0, 0.05) is 6.42 Å². The molecule has 14 heavy (non-hydrogen) atoms. The molecule has 1 heterocycles. The molecular weight excluding hydrogens is 188 g/mol. The van der Waals surface area contributed by atoms with Gasteiger partial charge in [-0.25, -0.2) is 4.79 Å². The Morgan fingerprint density at radius 3 is 2.79 bits per heavy atom. The van der Waals surface area contributed by atoms with Crippen LogP contribution in [0.5, 0.6) is 0 Å². The van der Waals surface area contributed by atoms with E-state index in [0.717, 1.165) is 0 Å². The molecule has 3 atom stereocenters. The van der Waals surface area contributed by atoms with E-state index < -0.39 is 6.16 Å². The molecule has 3 unspecified atom stereocenters. The van der Waals surface area contributed by atoms with Crippen molar-refractivity contribution in [2.75, 3.05) is 7.11 Å². The first-order chi connectivity index (χ1) is 6.70. The first-order valence-electron chi connectivity index (χ1n) is 4.66. The minimum Gasteiger partial charge on any atom is -0.469 e. The van der Waals surface area contributed by atoms with E-state index in [-0.39, 0.29) is 24.1 Å². The smallest absolute Gasteiger partial charge is 0.469 e. The maximum Gasteiger partial charge on any atom is 0.509 e. The number of carbonyl (C=O) groups is 2. The molecular formula is C9H12O5. The van der Waals surface area contributed by atoms with Crippen LogP contribution < -0.4 is 0 Å². The highest BCUT2D eigenvalue weighted by Gasteiger charge is 2.43. The van der Waals surface area contributed by atoms with Crippen LogP contribution in [-0.2, 0) is 19.0 Å². The summed E-state index contributed by atoms with van der Waals surface area (Å²) in [6, 6.07) is 0. The normalized spacial score (nSPS) is 35.5. The Morgan fingerprint density at radius 1 is 1.36 bits per heavy atom. The number of methoxy groups -OCH3 is 1. The summed E-state index contributed by atoms with van der Waals surface area (Å²) in [5, 5.41) is 0. The van der Waals surface area contributed by atoms with Crippen LogP contribution >= 0.6 is 0 Å². The molecule has 2 rings (SSSR count). The monoisotopic (exact) mass is 200 g/mol. The fraction of sp³-hybridized carbons (Fsp3) is 0.778. The van der Waals surface area contributed by atoms with Crippen LogP contribution in [0.3, 0.4) is 0 Å². The van der Waals surface area contributed by atoms with Crippen molar-refractivity contribution in [1.29, 1.82) is 0 Å². The van der Waals surface area contributed by atoms with Gasteiger partial charge in [0.25, 0.3) is 0 Å². The van der Waals surface area contributed by atoms with E-state index in [1.807, 2.05) is 0 Å². The second-order valence-electron chi connectivity index (χ2n) is 3.60. The van der Waals surface area contributed by atoms with Gasteiger partial charge in [-0.1, -0.05) is 0 Å². The molecule has 0 amide bonds. The van der Waals surface area contributed by atoms with Crippen LogP contribution in [-0.4, -0.2) is 31.4 Å². The first-order valence-corrected chi connectivity index (χ1v) is 4.66. The average molecular weight is 200 g/mol. The number of hydrogen-bond acceptors (Lipinski definition) is 5. The third-order valence-electron chi connectivity index (χ3n) is 2.76. The van der Waals surface area contributed by atoms with Crippen molar-refractivity contribution in [1.82, 2.24) is 0 Å². The Hall–Kier alpha value is -1.26. The number of hydrogen-bond donors (Lipinski definition) is 0. The van der Waals surface area contributed by atoms with E-state index in [4.69, 9.17) is 9.47 Å². The van der Waals surface area contributed by atoms with Crippen LogP contribution in [0.15, 0.2) is 0 Å². The van der Waals surface area contributed by atoms with Crippen molar-refractivity contribution in [3.8, 4) is 0 Å². The zero-order valence-corrected chi connectivity index (χ0v) is 7.89. The Kier molecular flexibility index (Phi) is 2.31. The van der Waals surface area contributed by atoms with E-state index in [9.17, 15) is 9.59 Å². The lowest BCUT2D eigenvalue weighted by atomic mass is 9.85. The summed E-state index contributed by atoms with van der Waals surface area (Å²) >= 11 is 0. The lowest BCUT2D eigenvalue weighted by Gasteiger charge is -2.26. The first kappa shape index (κ1) is 9.30. The summed E-state index contributed by atoms with van der Waals surface area (Å²) in [6.07, 6.45) is 0.846. The SMILES string of the molecule is COC(=O)C1CCC2OC(=O)OC2C1. The Bertz CT molecular complexity index is 262. The van der Waals surface area contributed by atoms with Crippen molar-refractivity contribution < 1.29 is 23.8 Å². The number of rotatable bonds is 1. The highest BCUT2D eigenvalue weighted by Crippen LogP contribution is 2.33. The zero-order chi connectivity index (χ0) is 10.1. The number of ether oxygens (including phenoxy) is 3. The molecule has 0 spiro atoms. The lowest BCUT2D eigenvalue weighted by Crippen LogP contribution is -2.34. The van der Waals surface area contributed by atoms with Gasteiger partial charge >= 0.3 is 12.1 Å². The van der Waals surface area contributed by atoms with Gasteiger partial charge in [-0.2, -0.15) is 0 Å². The van der Waals surface area contributed by atoms with Crippen molar-refractivity contribution in [2.45, 2.75) is 31.5 Å². The fourth-order valence-electron chi connectivity index (χ4n) is 2.02. The van der Waals surface area contributed by atoms with Gasteiger partial charge < -0.3 is 14.2 Å². The second-order valence-corrected chi connectivity index (χ2v) is 3.60. The molecule has 0 aromatic heterocycles. The van der Waals surface area contributed by atoms with Crippen molar-refractivity contribution in [2.24, 2.45) is 5.92 Å². The van der Waals surface area contributed by atoms with Gasteiger partial charge in [-0.3, -0.25) is 4.79 Å². The molecule has 0 aromatic carbocycles. The average Bonchev–Trinajstić information content (AvgIpc) is 2.55.